The summed E-state index contributed by atoms with van der Waals surface area (Å²) in [6.45, 7) is 2.28. The molecular formula is C17H21Cl2NO2. The molecule has 0 unspecified atom stereocenters. The van der Waals surface area contributed by atoms with Crippen molar-refractivity contribution in [1.29, 1.82) is 0 Å². The van der Waals surface area contributed by atoms with Gasteiger partial charge in [0.2, 0.25) is 0 Å². The van der Waals surface area contributed by atoms with Crippen molar-refractivity contribution in [3.63, 3.8) is 0 Å². The van der Waals surface area contributed by atoms with Crippen molar-refractivity contribution in [2.24, 2.45) is 5.92 Å². The molecule has 2 bridgehead atoms. The molecule has 0 aliphatic carbocycles. The fourth-order valence-corrected chi connectivity index (χ4v) is 4.42. The summed E-state index contributed by atoms with van der Waals surface area (Å²) in [6, 6.07) is 6.52. The Morgan fingerprint density at radius 1 is 1.32 bits per heavy atom. The third kappa shape index (κ3) is 2.75. The molecule has 120 valence electrons. The number of piperidine rings is 1. The average molecular weight is 342 g/mol. The van der Waals surface area contributed by atoms with E-state index < -0.39 is 0 Å². The van der Waals surface area contributed by atoms with E-state index in [2.05, 4.69) is 11.9 Å². The van der Waals surface area contributed by atoms with Gasteiger partial charge in [0.05, 0.1) is 22.6 Å². The smallest absolute Gasteiger partial charge is 0.311 e. The minimum Gasteiger partial charge on any atom is -0.466 e. The summed E-state index contributed by atoms with van der Waals surface area (Å²) < 4.78 is 5.36. The van der Waals surface area contributed by atoms with E-state index >= 15 is 0 Å². The highest BCUT2D eigenvalue weighted by Gasteiger charge is 2.49. The van der Waals surface area contributed by atoms with Crippen LogP contribution in [0.5, 0.6) is 0 Å². The summed E-state index contributed by atoms with van der Waals surface area (Å²) in [6.07, 6.45) is 3.17. The molecule has 0 amide bonds. The van der Waals surface area contributed by atoms with Crippen LogP contribution in [0, 0.1) is 5.92 Å². The first-order valence-corrected chi connectivity index (χ1v) is 8.62. The maximum atomic E-state index is 12.6. The van der Waals surface area contributed by atoms with Crippen LogP contribution in [0.3, 0.4) is 0 Å². The number of ether oxygens (including phenoxy) is 1. The molecule has 2 fully saturated rings. The van der Waals surface area contributed by atoms with Crippen molar-refractivity contribution in [2.75, 3.05) is 13.7 Å². The van der Waals surface area contributed by atoms with Gasteiger partial charge >= 0.3 is 5.97 Å². The number of nitrogens with zero attached hydrogens (tertiary/aromatic N) is 1. The third-order valence-corrected chi connectivity index (χ3v) is 5.94. The van der Waals surface area contributed by atoms with Crippen LogP contribution >= 0.6 is 23.2 Å². The van der Waals surface area contributed by atoms with E-state index in [0.29, 0.717) is 22.7 Å². The molecule has 1 aromatic rings. The van der Waals surface area contributed by atoms with Gasteiger partial charge in [0.25, 0.3) is 0 Å². The molecule has 2 aliphatic rings. The summed E-state index contributed by atoms with van der Waals surface area (Å²) >= 11 is 12.2. The van der Waals surface area contributed by atoms with E-state index in [4.69, 9.17) is 27.9 Å². The zero-order chi connectivity index (χ0) is 15.9. The fraction of sp³-hybridized carbons (Fsp3) is 0.588. The van der Waals surface area contributed by atoms with E-state index in [-0.39, 0.29) is 23.8 Å². The highest BCUT2D eigenvalue weighted by atomic mass is 35.5. The van der Waals surface area contributed by atoms with Crippen molar-refractivity contribution in [1.82, 2.24) is 4.90 Å². The van der Waals surface area contributed by atoms with Gasteiger partial charge in [-0.2, -0.15) is 0 Å². The Labute approximate surface area is 141 Å². The van der Waals surface area contributed by atoms with Crippen LogP contribution in [0.4, 0.5) is 0 Å². The van der Waals surface area contributed by atoms with Crippen LogP contribution < -0.4 is 0 Å². The molecule has 22 heavy (non-hydrogen) atoms. The molecule has 3 rings (SSSR count). The Morgan fingerprint density at radius 3 is 2.77 bits per heavy atom. The van der Waals surface area contributed by atoms with E-state index in [1.807, 2.05) is 25.1 Å². The van der Waals surface area contributed by atoms with Gasteiger partial charge in [0.1, 0.15) is 0 Å². The molecule has 3 nitrogen and oxygen atoms in total. The summed E-state index contributed by atoms with van der Waals surface area (Å²) in [5.41, 5.74) is 1.09. The van der Waals surface area contributed by atoms with Gasteiger partial charge in [-0.15, -0.1) is 0 Å². The zero-order valence-corrected chi connectivity index (χ0v) is 14.4. The first kappa shape index (κ1) is 16.1. The SMILES string of the molecule is CCOC(=O)[C@@H]1[C@H](c2ccc(Cl)c(Cl)c2)C[C@H]2CC[C@@H]1N2C. The molecule has 5 heteroatoms. The van der Waals surface area contributed by atoms with Crippen molar-refractivity contribution < 1.29 is 9.53 Å². The summed E-state index contributed by atoms with van der Waals surface area (Å²) in [7, 11) is 2.12. The van der Waals surface area contributed by atoms with Gasteiger partial charge in [0, 0.05) is 18.0 Å². The Kier molecular flexibility index (Phi) is 4.67. The lowest BCUT2D eigenvalue weighted by Gasteiger charge is -2.42. The standard InChI is InChI=1S/C17H21Cl2NO2/c1-3-22-17(21)16-12(9-11-5-7-15(16)20(11)2)10-4-6-13(18)14(19)8-10/h4,6,8,11-12,15-16H,3,5,7,9H2,1-2H3/t11-,12+,15+,16-/m1/s1. The second-order valence-electron chi connectivity index (χ2n) is 6.26. The van der Waals surface area contributed by atoms with Crippen LogP contribution in [0.15, 0.2) is 18.2 Å². The molecule has 0 saturated carbocycles. The van der Waals surface area contributed by atoms with Gasteiger partial charge in [-0.25, -0.2) is 0 Å². The summed E-state index contributed by atoms with van der Waals surface area (Å²) in [5.74, 6) is -0.0563. The number of halogens is 2. The number of benzene rings is 1. The Morgan fingerprint density at radius 2 is 2.09 bits per heavy atom. The molecule has 0 N–H and O–H groups in total. The number of hydrogen-bond acceptors (Lipinski definition) is 3. The number of hydrogen-bond donors (Lipinski definition) is 0. The van der Waals surface area contributed by atoms with Crippen molar-refractivity contribution in [3.8, 4) is 0 Å². The second-order valence-corrected chi connectivity index (χ2v) is 7.07. The van der Waals surface area contributed by atoms with Crippen LogP contribution in [-0.4, -0.2) is 36.6 Å². The molecule has 0 radical (unpaired) electrons. The first-order valence-electron chi connectivity index (χ1n) is 7.86. The number of carbonyl (C=O) groups excluding carboxylic acids is 1. The van der Waals surface area contributed by atoms with Gasteiger partial charge < -0.3 is 4.74 Å². The monoisotopic (exact) mass is 341 g/mol. The largest absolute Gasteiger partial charge is 0.466 e. The third-order valence-electron chi connectivity index (χ3n) is 5.20. The number of fused-ring (bicyclic) bond motifs is 2. The molecule has 2 heterocycles. The highest BCUT2D eigenvalue weighted by Crippen LogP contribution is 2.47. The molecule has 1 aromatic carbocycles. The quantitative estimate of drug-likeness (QED) is 0.774. The van der Waals surface area contributed by atoms with Crippen molar-refractivity contribution in [2.45, 2.75) is 44.2 Å². The molecule has 0 spiro atoms. The lowest BCUT2D eigenvalue weighted by Crippen LogP contribution is -2.49. The lowest BCUT2D eigenvalue weighted by molar-refractivity contribution is -0.152. The van der Waals surface area contributed by atoms with Gasteiger partial charge in [-0.3, -0.25) is 9.69 Å². The minimum atomic E-state index is -0.124. The van der Waals surface area contributed by atoms with Crippen LogP contribution in [0.25, 0.3) is 0 Å². The van der Waals surface area contributed by atoms with E-state index in [1.165, 1.54) is 0 Å². The topological polar surface area (TPSA) is 29.5 Å². The predicted molar refractivity (Wildman–Crippen MR) is 88.5 cm³/mol. The van der Waals surface area contributed by atoms with E-state index in [9.17, 15) is 4.79 Å². The summed E-state index contributed by atoms with van der Waals surface area (Å²) in [4.78, 5) is 14.9. The normalized spacial score (nSPS) is 31.3. The maximum Gasteiger partial charge on any atom is 0.311 e. The lowest BCUT2D eigenvalue weighted by atomic mass is 9.76. The molecule has 4 atom stereocenters. The van der Waals surface area contributed by atoms with Gasteiger partial charge in [0.15, 0.2) is 0 Å². The van der Waals surface area contributed by atoms with Crippen LogP contribution in [0.2, 0.25) is 10.0 Å². The van der Waals surface area contributed by atoms with Gasteiger partial charge in [-0.05, 0) is 50.9 Å². The summed E-state index contributed by atoms with van der Waals surface area (Å²) in [5, 5.41) is 1.10. The fourth-order valence-electron chi connectivity index (χ4n) is 4.11. The number of carbonyl (C=O) groups is 1. The molecular weight excluding hydrogens is 321 g/mol. The molecule has 2 aliphatic heterocycles. The van der Waals surface area contributed by atoms with Gasteiger partial charge in [-0.1, -0.05) is 29.3 Å². The van der Waals surface area contributed by atoms with Crippen LogP contribution in [0.1, 0.15) is 37.7 Å². The number of rotatable bonds is 3. The zero-order valence-electron chi connectivity index (χ0n) is 12.9. The minimum absolute atomic E-state index is 0.0872. The molecule has 0 aromatic heterocycles. The predicted octanol–water partition coefficient (Wildman–Crippen LogP) is 4.12. The number of esters is 1. The maximum absolute atomic E-state index is 12.6. The second kappa shape index (κ2) is 6.38. The van der Waals surface area contributed by atoms with E-state index in [1.54, 1.807) is 0 Å². The van der Waals surface area contributed by atoms with Crippen LogP contribution in [-0.2, 0) is 9.53 Å². The first-order chi connectivity index (χ1) is 10.5. The average Bonchev–Trinajstić information content (AvgIpc) is 2.73. The Balaban J connectivity index is 1.96. The Hall–Kier alpha value is -0.770. The molecule has 2 saturated heterocycles. The van der Waals surface area contributed by atoms with Crippen molar-refractivity contribution >= 4 is 29.2 Å². The van der Waals surface area contributed by atoms with Crippen molar-refractivity contribution in [3.05, 3.63) is 33.8 Å². The Bertz CT molecular complexity index is 578. The van der Waals surface area contributed by atoms with E-state index in [0.717, 1.165) is 24.8 Å². The highest BCUT2D eigenvalue weighted by molar-refractivity contribution is 6.42.